The first-order chi connectivity index (χ1) is 20.7. The zero-order valence-corrected chi connectivity index (χ0v) is 23.9. The number of carbonyl (C=O) groups excluding carboxylic acids is 3. The number of carbonyl (C=O) groups is 3. The third-order valence-corrected chi connectivity index (χ3v) is 8.37. The van der Waals surface area contributed by atoms with Crippen LogP contribution in [0.1, 0.15) is 66.8 Å². The summed E-state index contributed by atoms with van der Waals surface area (Å²) in [6.45, 7) is 3.55. The minimum atomic E-state index is -0.680. The van der Waals surface area contributed by atoms with E-state index in [9.17, 15) is 19.6 Å². The minimum Gasteiger partial charge on any atom is -0.627 e. The normalized spacial score (nSPS) is 21.4. The van der Waals surface area contributed by atoms with Crippen LogP contribution in [0.3, 0.4) is 0 Å². The number of urea groups is 1. The Morgan fingerprint density at radius 2 is 1.95 bits per heavy atom. The van der Waals surface area contributed by atoms with Gasteiger partial charge in [-0.25, -0.2) is 24.3 Å². The zero-order valence-electron chi connectivity index (χ0n) is 23.9. The Kier molecular flexibility index (Phi) is 6.39. The lowest BCUT2D eigenvalue weighted by Gasteiger charge is -2.26. The summed E-state index contributed by atoms with van der Waals surface area (Å²) in [6.07, 6.45) is 5.71. The van der Waals surface area contributed by atoms with Crippen molar-refractivity contribution in [3.63, 3.8) is 0 Å². The first kappa shape index (κ1) is 27.0. The highest BCUT2D eigenvalue weighted by molar-refractivity contribution is 6.11. The summed E-state index contributed by atoms with van der Waals surface area (Å²) >= 11 is 0. The van der Waals surface area contributed by atoms with E-state index in [0.717, 1.165) is 34.5 Å². The van der Waals surface area contributed by atoms with Crippen LogP contribution < -0.4 is 15.3 Å². The van der Waals surface area contributed by atoms with Gasteiger partial charge in [0.1, 0.15) is 42.1 Å². The van der Waals surface area contributed by atoms with E-state index in [1.54, 1.807) is 17.6 Å². The monoisotopic (exact) mass is 582 g/mol. The molecule has 3 fully saturated rings. The largest absolute Gasteiger partial charge is 0.627 e. The van der Waals surface area contributed by atoms with E-state index in [1.807, 2.05) is 31.2 Å². The van der Waals surface area contributed by atoms with E-state index < -0.39 is 12.1 Å². The smallest absolute Gasteiger partial charge is 0.332 e. The lowest BCUT2D eigenvalue weighted by Crippen LogP contribution is -3.02. The number of likely N-dealkylation sites (N-methyl/N-ethyl adjacent to an activating group) is 1. The predicted molar refractivity (Wildman–Crippen MR) is 153 cm³/mol. The molecule has 4 aromatic heterocycles. The van der Waals surface area contributed by atoms with Gasteiger partial charge in [-0.05, 0) is 68.9 Å². The summed E-state index contributed by atoms with van der Waals surface area (Å²) in [5, 5.41) is 20.8. The Morgan fingerprint density at radius 3 is 2.67 bits per heavy atom. The third-order valence-electron chi connectivity index (χ3n) is 8.37. The summed E-state index contributed by atoms with van der Waals surface area (Å²) in [7, 11) is 1.46. The molecule has 4 aromatic rings. The van der Waals surface area contributed by atoms with Gasteiger partial charge in [-0.3, -0.25) is 19.4 Å². The second kappa shape index (κ2) is 10.2. The lowest BCUT2D eigenvalue weighted by molar-refractivity contribution is -0.814. The van der Waals surface area contributed by atoms with Gasteiger partial charge < -0.3 is 15.6 Å². The molecule has 2 saturated carbocycles. The molecule has 2 aliphatic carbocycles. The van der Waals surface area contributed by atoms with Crippen LogP contribution in [0.25, 0.3) is 5.52 Å². The summed E-state index contributed by atoms with van der Waals surface area (Å²) < 4.78 is 1.62. The van der Waals surface area contributed by atoms with Crippen LogP contribution in [-0.2, 0) is 9.59 Å². The number of aromatic nitrogens is 6. The van der Waals surface area contributed by atoms with Crippen LogP contribution in [0.5, 0.6) is 0 Å². The number of quaternary nitrogens is 1. The van der Waals surface area contributed by atoms with E-state index in [2.05, 4.69) is 25.3 Å². The highest BCUT2D eigenvalue weighted by atomic mass is 16.5. The fraction of sp³-hybridized carbons (Fsp3) is 0.379. The molecule has 1 aliphatic heterocycles. The van der Waals surface area contributed by atoms with Gasteiger partial charge in [0, 0.05) is 30.8 Å². The van der Waals surface area contributed by atoms with Gasteiger partial charge in [0.25, 0.3) is 5.91 Å². The molecule has 0 bridgehead atoms. The van der Waals surface area contributed by atoms with Crippen molar-refractivity contribution in [3.8, 4) is 0 Å². The maximum absolute atomic E-state index is 13.6. The highest BCUT2D eigenvalue weighted by Gasteiger charge is 2.46. The van der Waals surface area contributed by atoms with Crippen LogP contribution in [0, 0.1) is 18.0 Å². The fourth-order valence-corrected chi connectivity index (χ4v) is 5.51. The molecule has 0 spiro atoms. The van der Waals surface area contributed by atoms with E-state index in [-0.39, 0.29) is 46.9 Å². The number of rotatable bonds is 8. The van der Waals surface area contributed by atoms with Crippen LogP contribution in [0.2, 0.25) is 0 Å². The Hall–Kier alpha value is -4.82. The molecule has 1 unspecified atom stereocenters. The lowest BCUT2D eigenvalue weighted by atomic mass is 10.1. The summed E-state index contributed by atoms with van der Waals surface area (Å²) in [6, 6.07) is 7.94. The van der Waals surface area contributed by atoms with Crippen LogP contribution in [-0.4, -0.2) is 65.9 Å². The molecule has 5 heterocycles. The Labute approximate surface area is 246 Å². The standard InChI is InChI=1S/C29H30N10O4/c1-15-6-7-30-27(33-15)20-11-21(20)28(41)34-23-12-24(32-14-31-23)39(43)16(2)22-10-19-8-18(17-4-5-17)9-25(38(19)35-22)37-13-26(40)36(3)29(37)42/h6-10,12,14,16-17,20-21,39H,4-5,11,13H2,1-3H3,(H,31,32,34,41)/t16-,20+,21+/m1/s1. The average Bonchev–Trinajstić information content (AvgIpc) is 3.93. The van der Waals surface area contributed by atoms with Gasteiger partial charge in [-0.1, -0.05) is 0 Å². The van der Waals surface area contributed by atoms with Gasteiger partial charge in [0.2, 0.25) is 11.7 Å². The number of aryl methyl sites for hydroxylation is 1. The number of hydrogen-bond donors (Lipinski definition) is 2. The van der Waals surface area contributed by atoms with Gasteiger partial charge in [-0.2, -0.15) is 10.1 Å². The highest BCUT2D eigenvalue weighted by Crippen LogP contribution is 2.46. The van der Waals surface area contributed by atoms with Crippen LogP contribution in [0.4, 0.5) is 22.2 Å². The molecule has 4 amide bonds. The van der Waals surface area contributed by atoms with E-state index in [0.29, 0.717) is 29.7 Å². The molecule has 1 saturated heterocycles. The number of hydroxylamine groups is 1. The Morgan fingerprint density at radius 1 is 1.14 bits per heavy atom. The molecule has 0 aromatic carbocycles. The molecule has 14 nitrogen and oxygen atoms in total. The SMILES string of the molecule is Cc1ccnc([C@H]2C[C@@H]2C(=O)Nc2cc([NH+]([O-])[C@H](C)c3cc4cc(C5CC5)cc(N5CC(=O)N(C)C5=O)n4n3)ncn2)n1. The van der Waals surface area contributed by atoms with Crippen LogP contribution in [0.15, 0.2) is 42.9 Å². The molecular formula is C29H30N10O4. The molecule has 14 heteroatoms. The van der Waals surface area contributed by atoms with Gasteiger partial charge in [0.05, 0.1) is 11.6 Å². The average molecular weight is 583 g/mol. The predicted octanol–water partition coefficient (Wildman–Crippen LogP) is 2.02. The molecule has 0 radical (unpaired) electrons. The Balaban J connectivity index is 1.11. The number of amides is 4. The van der Waals surface area contributed by atoms with Crippen molar-refractivity contribution in [2.45, 2.75) is 51.0 Å². The van der Waals surface area contributed by atoms with E-state index in [4.69, 9.17) is 5.10 Å². The van der Waals surface area contributed by atoms with Crippen molar-refractivity contribution in [1.29, 1.82) is 0 Å². The van der Waals surface area contributed by atoms with E-state index in [1.165, 1.54) is 24.3 Å². The van der Waals surface area contributed by atoms with E-state index >= 15 is 0 Å². The fourth-order valence-electron chi connectivity index (χ4n) is 5.51. The molecular weight excluding hydrogens is 552 g/mol. The number of nitrogens with one attached hydrogen (secondary N) is 2. The number of nitrogens with zero attached hydrogens (tertiary/aromatic N) is 8. The molecule has 43 heavy (non-hydrogen) atoms. The quantitative estimate of drug-likeness (QED) is 0.233. The van der Waals surface area contributed by atoms with Gasteiger partial charge in [-0.15, -0.1) is 0 Å². The molecule has 7 rings (SSSR count). The minimum absolute atomic E-state index is 0.0439. The number of pyridine rings is 1. The molecule has 2 N–H and O–H groups in total. The van der Waals surface area contributed by atoms with Gasteiger partial charge in [0.15, 0.2) is 0 Å². The molecule has 4 atom stereocenters. The van der Waals surface area contributed by atoms with Crippen molar-refractivity contribution >= 4 is 40.8 Å². The maximum Gasteiger partial charge on any atom is 0.332 e. The summed E-state index contributed by atoms with van der Waals surface area (Å²) in [4.78, 5) is 57.5. The molecule has 3 aliphatic rings. The first-order valence-electron chi connectivity index (χ1n) is 14.3. The number of imide groups is 1. The van der Waals surface area contributed by atoms with Gasteiger partial charge >= 0.3 is 6.03 Å². The van der Waals surface area contributed by atoms with Crippen molar-refractivity contribution in [2.75, 3.05) is 23.8 Å². The Bertz CT molecular complexity index is 1790. The number of hydrogen-bond acceptors (Lipinski definition) is 9. The van der Waals surface area contributed by atoms with Crippen molar-refractivity contribution in [3.05, 3.63) is 70.8 Å². The summed E-state index contributed by atoms with van der Waals surface area (Å²) in [5.41, 5.74) is 3.15. The van der Waals surface area contributed by atoms with Crippen molar-refractivity contribution in [2.24, 2.45) is 5.92 Å². The topological polar surface area (TPSA) is 166 Å². The second-order valence-electron chi connectivity index (χ2n) is 11.5. The first-order valence-corrected chi connectivity index (χ1v) is 14.3. The van der Waals surface area contributed by atoms with Crippen molar-refractivity contribution in [1.82, 2.24) is 34.4 Å². The number of anilines is 2. The third kappa shape index (κ3) is 4.97. The number of fused-ring (bicyclic) bond motifs is 1. The zero-order chi connectivity index (χ0) is 30.0. The van der Waals surface area contributed by atoms with Crippen molar-refractivity contribution < 1.29 is 19.4 Å². The summed E-state index contributed by atoms with van der Waals surface area (Å²) in [5.74, 6) is 1.12. The maximum atomic E-state index is 13.6. The second-order valence-corrected chi connectivity index (χ2v) is 11.5. The van der Waals surface area contributed by atoms with Crippen LogP contribution >= 0.6 is 0 Å². The molecule has 220 valence electrons.